The minimum atomic E-state index is -1.07. The zero-order valence-electron chi connectivity index (χ0n) is 16.5. The molecule has 0 aliphatic rings. The highest BCUT2D eigenvalue weighted by atomic mass is 16.6. The van der Waals surface area contributed by atoms with E-state index in [0.717, 1.165) is 0 Å². The normalized spacial score (nSPS) is 15.0. The Kier molecular flexibility index (Phi) is 10.1. The molecule has 10 heteroatoms. The van der Waals surface area contributed by atoms with E-state index < -0.39 is 41.9 Å². The van der Waals surface area contributed by atoms with Gasteiger partial charge in [0, 0.05) is 7.11 Å². The van der Waals surface area contributed by atoms with Gasteiger partial charge in [-0.1, -0.05) is 13.8 Å². The van der Waals surface area contributed by atoms with Crippen molar-refractivity contribution in [2.45, 2.75) is 65.5 Å². The van der Waals surface area contributed by atoms with E-state index in [1.807, 2.05) is 0 Å². The van der Waals surface area contributed by atoms with Crippen molar-refractivity contribution in [1.29, 1.82) is 0 Å². The number of nitrogens with one attached hydrogen (secondary N) is 4. The Morgan fingerprint density at radius 2 is 1.62 bits per heavy atom. The van der Waals surface area contributed by atoms with E-state index in [1.165, 1.54) is 14.0 Å². The number of carbonyl (C=O) groups is 3. The van der Waals surface area contributed by atoms with Crippen LogP contribution in [0.3, 0.4) is 0 Å². The summed E-state index contributed by atoms with van der Waals surface area (Å²) in [4.78, 5) is 36.2. The maximum Gasteiger partial charge on any atom is 0.408 e. The maximum atomic E-state index is 12.4. The van der Waals surface area contributed by atoms with Crippen LogP contribution in [0.5, 0.6) is 0 Å². The highest BCUT2D eigenvalue weighted by Gasteiger charge is 2.28. The zero-order valence-corrected chi connectivity index (χ0v) is 16.5. The molecule has 26 heavy (non-hydrogen) atoms. The second-order valence-electron chi connectivity index (χ2n) is 7.16. The number of hydrogen-bond acceptors (Lipinski definition) is 7. The van der Waals surface area contributed by atoms with Crippen molar-refractivity contribution in [2.24, 2.45) is 5.92 Å². The smallest absolute Gasteiger partial charge is 0.408 e. The first kappa shape index (κ1) is 24.1. The summed E-state index contributed by atoms with van der Waals surface area (Å²) >= 11 is 0. The van der Waals surface area contributed by atoms with E-state index in [4.69, 9.17) is 4.74 Å². The van der Waals surface area contributed by atoms with Gasteiger partial charge in [-0.25, -0.2) is 10.2 Å². The lowest BCUT2D eigenvalue weighted by molar-refractivity contribution is -0.131. The molecule has 0 radical (unpaired) electrons. The second-order valence-corrected chi connectivity index (χ2v) is 7.16. The third-order valence-corrected chi connectivity index (χ3v) is 3.13. The lowest BCUT2D eigenvalue weighted by Crippen LogP contribution is -2.56. The van der Waals surface area contributed by atoms with Crippen LogP contribution in [0.25, 0.3) is 0 Å². The predicted octanol–water partition coefficient (Wildman–Crippen LogP) is -0.374. The summed E-state index contributed by atoms with van der Waals surface area (Å²) in [5.74, 6) is -1.24. The van der Waals surface area contributed by atoms with E-state index in [9.17, 15) is 19.5 Å². The van der Waals surface area contributed by atoms with Gasteiger partial charge < -0.3 is 25.2 Å². The van der Waals surface area contributed by atoms with Gasteiger partial charge in [-0.05, 0) is 33.6 Å². The average molecular weight is 376 g/mol. The van der Waals surface area contributed by atoms with Crippen LogP contribution in [0.15, 0.2) is 0 Å². The Labute approximate surface area is 154 Å². The molecule has 0 fully saturated rings. The highest BCUT2D eigenvalue weighted by Crippen LogP contribution is 2.09. The molecule has 1 unspecified atom stereocenters. The van der Waals surface area contributed by atoms with Gasteiger partial charge in [-0.2, -0.15) is 0 Å². The Morgan fingerprint density at radius 3 is 2.08 bits per heavy atom. The quantitative estimate of drug-likeness (QED) is 0.273. The van der Waals surface area contributed by atoms with Crippen LogP contribution >= 0.6 is 0 Å². The lowest BCUT2D eigenvalue weighted by atomic mass is 10.0. The fraction of sp³-hybridized carbons (Fsp3) is 0.812. The predicted molar refractivity (Wildman–Crippen MR) is 94.8 cm³/mol. The van der Waals surface area contributed by atoms with E-state index in [-0.39, 0.29) is 12.5 Å². The first-order valence-electron chi connectivity index (χ1n) is 8.40. The Bertz CT molecular complexity index is 478. The maximum absolute atomic E-state index is 12.4. The molecule has 10 nitrogen and oxygen atoms in total. The van der Waals surface area contributed by atoms with Crippen LogP contribution in [0.4, 0.5) is 4.79 Å². The molecule has 0 aromatic heterocycles. The van der Waals surface area contributed by atoms with Crippen LogP contribution in [-0.4, -0.2) is 60.6 Å². The number of carbonyl (C=O) groups excluding carboxylic acids is 3. The highest BCUT2D eigenvalue weighted by molar-refractivity contribution is 5.91. The van der Waals surface area contributed by atoms with Crippen molar-refractivity contribution in [3.05, 3.63) is 0 Å². The van der Waals surface area contributed by atoms with E-state index in [1.54, 1.807) is 34.6 Å². The summed E-state index contributed by atoms with van der Waals surface area (Å²) in [7, 11) is 1.32. The zero-order chi connectivity index (χ0) is 20.5. The van der Waals surface area contributed by atoms with Crippen molar-refractivity contribution >= 4 is 17.9 Å². The van der Waals surface area contributed by atoms with Crippen LogP contribution in [0.1, 0.15) is 41.5 Å². The standard InChI is InChI=1S/C16H32N4O6/c1-9(2)12(19-15(24)26-16(4,5)6)14(23)18-10(3)13(22)20-17-8-11(21)25-7/h9-12,17,21H,8H2,1-7H3,(H,18,23)(H,19,24)(H,20,22)/t10-,11?,12-/m0/s1. The summed E-state index contributed by atoms with van der Waals surface area (Å²) in [5, 5.41) is 14.2. The summed E-state index contributed by atoms with van der Waals surface area (Å²) in [5.41, 5.74) is 4.13. The van der Waals surface area contributed by atoms with E-state index in [0.29, 0.717) is 0 Å². The molecule has 0 saturated heterocycles. The molecule has 0 heterocycles. The fourth-order valence-corrected chi connectivity index (χ4v) is 1.76. The molecule has 0 rings (SSSR count). The number of hydrogen-bond donors (Lipinski definition) is 5. The van der Waals surface area contributed by atoms with E-state index >= 15 is 0 Å². The minimum absolute atomic E-state index is 0.0161. The van der Waals surface area contributed by atoms with Crippen molar-refractivity contribution in [3.8, 4) is 0 Å². The number of aliphatic hydroxyl groups excluding tert-OH is 1. The number of hydrazine groups is 1. The number of ether oxygens (including phenoxy) is 2. The first-order chi connectivity index (χ1) is 11.9. The summed E-state index contributed by atoms with van der Waals surface area (Å²) in [6, 6.07) is -1.72. The van der Waals surface area contributed by atoms with Gasteiger partial charge in [0.25, 0.3) is 5.91 Å². The van der Waals surface area contributed by atoms with Gasteiger partial charge in [0.15, 0.2) is 6.29 Å². The van der Waals surface area contributed by atoms with Crippen molar-refractivity contribution in [3.63, 3.8) is 0 Å². The molecule has 0 aliphatic carbocycles. The number of rotatable bonds is 9. The molecule has 0 saturated carbocycles. The van der Waals surface area contributed by atoms with Crippen LogP contribution < -0.4 is 21.5 Å². The Hall–Kier alpha value is -1.91. The van der Waals surface area contributed by atoms with Gasteiger partial charge >= 0.3 is 6.09 Å². The fourth-order valence-electron chi connectivity index (χ4n) is 1.76. The number of amides is 3. The topological polar surface area (TPSA) is 138 Å². The molecular weight excluding hydrogens is 344 g/mol. The first-order valence-corrected chi connectivity index (χ1v) is 8.40. The molecular formula is C16H32N4O6. The van der Waals surface area contributed by atoms with Gasteiger partial charge in [-0.3, -0.25) is 15.0 Å². The number of methoxy groups -OCH3 is 1. The third-order valence-electron chi connectivity index (χ3n) is 3.13. The molecule has 0 spiro atoms. The van der Waals surface area contributed by atoms with Gasteiger partial charge in [-0.15, -0.1) is 0 Å². The SMILES string of the molecule is COC(O)CNNC(=O)[C@H](C)NC(=O)[C@@H](NC(=O)OC(C)(C)C)C(C)C. The third kappa shape index (κ3) is 10.2. The summed E-state index contributed by atoms with van der Waals surface area (Å²) in [6.07, 6.45) is -1.78. The van der Waals surface area contributed by atoms with E-state index in [2.05, 4.69) is 26.2 Å². The lowest BCUT2D eigenvalue weighted by Gasteiger charge is -2.26. The molecule has 0 aromatic carbocycles. The number of aliphatic hydroxyl groups is 1. The van der Waals surface area contributed by atoms with Crippen molar-refractivity contribution in [1.82, 2.24) is 21.5 Å². The monoisotopic (exact) mass is 376 g/mol. The average Bonchev–Trinajstić information content (AvgIpc) is 2.49. The van der Waals surface area contributed by atoms with Crippen molar-refractivity contribution in [2.75, 3.05) is 13.7 Å². The molecule has 0 aliphatic heterocycles. The minimum Gasteiger partial charge on any atom is -0.444 e. The molecule has 5 N–H and O–H groups in total. The second kappa shape index (κ2) is 10.9. The summed E-state index contributed by atoms with van der Waals surface area (Å²) in [6.45, 7) is 10.2. The van der Waals surface area contributed by atoms with Crippen molar-refractivity contribution < 1.29 is 29.0 Å². The molecule has 0 bridgehead atoms. The van der Waals surface area contributed by atoms with Crippen LogP contribution in [-0.2, 0) is 19.1 Å². The summed E-state index contributed by atoms with van der Waals surface area (Å²) < 4.78 is 9.76. The van der Waals surface area contributed by atoms with Gasteiger partial charge in [0.2, 0.25) is 5.91 Å². The molecule has 152 valence electrons. The van der Waals surface area contributed by atoms with Crippen LogP contribution in [0.2, 0.25) is 0 Å². The Morgan fingerprint density at radius 1 is 1.04 bits per heavy atom. The largest absolute Gasteiger partial charge is 0.444 e. The molecule has 0 aromatic rings. The number of alkyl carbamates (subject to hydrolysis) is 1. The van der Waals surface area contributed by atoms with Gasteiger partial charge in [0.05, 0.1) is 6.54 Å². The Balaban J connectivity index is 4.60. The van der Waals surface area contributed by atoms with Crippen LogP contribution in [0, 0.1) is 5.92 Å². The molecule has 3 atom stereocenters. The molecule has 3 amide bonds. The van der Waals surface area contributed by atoms with Gasteiger partial charge in [0.1, 0.15) is 17.7 Å².